The minimum atomic E-state index is -2.83. The SMILES string of the molecule is C[Si](C)(C)N=[N+]=[N-].C[Si](C)(C)OC1CP(=O)(OCc2ccccc2)CC1N=[N+]=[N-].O=P1(OCc2ccccc2)CC2OC2C1. The molecular formula is C28H44N6O6P2Si2. The van der Waals surface area contributed by atoms with Gasteiger partial charge in [-0.1, -0.05) is 85.4 Å². The van der Waals surface area contributed by atoms with E-state index >= 15 is 0 Å². The van der Waals surface area contributed by atoms with Gasteiger partial charge in [0.05, 0.1) is 56.1 Å². The molecule has 5 atom stereocenters. The highest BCUT2D eigenvalue weighted by Crippen LogP contribution is 2.60. The van der Waals surface area contributed by atoms with Gasteiger partial charge in [-0.05, 0) is 46.7 Å². The van der Waals surface area contributed by atoms with Crippen molar-refractivity contribution in [2.45, 2.75) is 76.8 Å². The van der Waals surface area contributed by atoms with Crippen molar-refractivity contribution in [3.05, 3.63) is 92.7 Å². The zero-order chi connectivity index (χ0) is 32.4. The van der Waals surface area contributed by atoms with Gasteiger partial charge in [0, 0.05) is 11.1 Å². The first-order valence-corrected chi connectivity index (χ1v) is 25.4. The summed E-state index contributed by atoms with van der Waals surface area (Å²) in [5.41, 5.74) is 18.7. The molecule has 0 spiro atoms. The molecule has 3 aliphatic heterocycles. The lowest BCUT2D eigenvalue weighted by Gasteiger charge is -2.25. The number of benzene rings is 2. The number of fused-ring (bicyclic) bond motifs is 1. The molecule has 16 heteroatoms. The van der Waals surface area contributed by atoms with Gasteiger partial charge < -0.3 is 18.2 Å². The Morgan fingerprint density at radius 3 is 1.64 bits per heavy atom. The molecule has 0 N–H and O–H groups in total. The molecule has 0 aliphatic carbocycles. The molecule has 5 rings (SSSR count). The predicted molar refractivity (Wildman–Crippen MR) is 179 cm³/mol. The molecule has 0 radical (unpaired) electrons. The van der Waals surface area contributed by atoms with E-state index in [-0.39, 0.29) is 24.5 Å². The van der Waals surface area contributed by atoms with Crippen molar-refractivity contribution in [2.24, 2.45) is 9.89 Å². The van der Waals surface area contributed by atoms with Gasteiger partial charge in [-0.15, -0.1) is 4.78 Å². The first kappa shape index (κ1) is 36.3. The first-order valence-electron chi connectivity index (χ1n) is 14.6. The van der Waals surface area contributed by atoms with Crippen LogP contribution in [-0.2, 0) is 40.6 Å². The van der Waals surface area contributed by atoms with Crippen LogP contribution < -0.4 is 0 Å². The lowest BCUT2D eigenvalue weighted by Crippen LogP contribution is -2.37. The maximum Gasteiger partial charge on any atom is 0.208 e. The van der Waals surface area contributed by atoms with Gasteiger partial charge in [0.25, 0.3) is 0 Å². The van der Waals surface area contributed by atoms with Gasteiger partial charge in [0.2, 0.25) is 14.7 Å². The Labute approximate surface area is 262 Å². The molecule has 240 valence electrons. The molecular weight excluding hydrogens is 634 g/mol. The Bertz CT molecular complexity index is 1400. The maximum absolute atomic E-state index is 12.9. The fourth-order valence-electron chi connectivity index (χ4n) is 4.62. The third-order valence-corrected chi connectivity index (χ3v) is 13.2. The maximum atomic E-state index is 12.9. The fraction of sp³-hybridized carbons (Fsp3) is 0.571. The van der Waals surface area contributed by atoms with Crippen molar-refractivity contribution < 1.29 is 27.3 Å². The molecule has 44 heavy (non-hydrogen) atoms. The normalized spacial score (nSPS) is 28.6. The van der Waals surface area contributed by atoms with E-state index in [9.17, 15) is 9.13 Å². The summed E-state index contributed by atoms with van der Waals surface area (Å²) in [7, 11) is -8.45. The third kappa shape index (κ3) is 13.0. The van der Waals surface area contributed by atoms with E-state index in [1.807, 2.05) is 80.3 Å². The summed E-state index contributed by atoms with van der Waals surface area (Å²) in [6.07, 6.45) is 1.98. The van der Waals surface area contributed by atoms with Crippen LogP contribution in [0.3, 0.4) is 0 Å². The second-order valence-corrected chi connectivity index (χ2v) is 27.2. The standard InChI is InChI=1S/C14H22N3O3PSi.C11H13O3P.C3H9N3Si/c1-22(2,3)20-14-11-21(18,10-13(14)16-17-15)19-9-12-7-5-4-6-8-12;12-15(7-10-11(8-15)14-10)13-6-9-4-2-1-3-5-9;1-7(2,3)6-5-4/h4-8,13-14H,9-11H2,1-3H3;1-5,10-11H,6-8H2;1-3H3. The van der Waals surface area contributed by atoms with Gasteiger partial charge in [-0.2, -0.15) is 0 Å². The van der Waals surface area contributed by atoms with E-state index in [0.717, 1.165) is 11.1 Å². The zero-order valence-corrected chi connectivity index (χ0v) is 30.1. The van der Waals surface area contributed by atoms with Gasteiger partial charge in [0.1, 0.15) is 8.24 Å². The van der Waals surface area contributed by atoms with Crippen LogP contribution >= 0.6 is 14.7 Å². The van der Waals surface area contributed by atoms with Crippen molar-refractivity contribution in [3.8, 4) is 0 Å². The largest absolute Gasteiger partial charge is 0.414 e. The average molecular weight is 679 g/mol. The smallest absolute Gasteiger partial charge is 0.208 e. The first-order chi connectivity index (χ1) is 20.6. The van der Waals surface area contributed by atoms with Gasteiger partial charge >= 0.3 is 0 Å². The van der Waals surface area contributed by atoms with Crippen LogP contribution in [0.4, 0.5) is 0 Å². The van der Waals surface area contributed by atoms with Crippen LogP contribution in [-0.4, -0.2) is 65.6 Å². The third-order valence-electron chi connectivity index (χ3n) is 6.62. The predicted octanol–water partition coefficient (Wildman–Crippen LogP) is 8.79. The van der Waals surface area contributed by atoms with E-state index in [1.165, 1.54) is 0 Å². The monoisotopic (exact) mass is 678 g/mol. The van der Waals surface area contributed by atoms with Crippen molar-refractivity contribution in [1.82, 2.24) is 0 Å². The lowest BCUT2D eigenvalue weighted by molar-refractivity contribution is 0.200. The molecule has 3 fully saturated rings. The lowest BCUT2D eigenvalue weighted by atomic mass is 10.2. The van der Waals surface area contributed by atoms with Crippen LogP contribution in [0.5, 0.6) is 0 Å². The Hall–Kier alpha value is -2.21. The summed E-state index contributed by atoms with van der Waals surface area (Å²) in [6, 6.07) is 19.1. The molecule has 12 nitrogen and oxygen atoms in total. The van der Waals surface area contributed by atoms with E-state index in [4.69, 9.17) is 29.3 Å². The van der Waals surface area contributed by atoms with Crippen LogP contribution in [0.25, 0.3) is 20.9 Å². The topological polar surface area (TPSA) is 172 Å². The van der Waals surface area contributed by atoms with Crippen molar-refractivity contribution >= 4 is 31.3 Å². The number of rotatable bonds is 10. The highest BCUT2D eigenvalue weighted by molar-refractivity contribution is 7.59. The minimum Gasteiger partial charge on any atom is -0.414 e. The molecule has 2 aromatic rings. The second-order valence-electron chi connectivity index (χ2n) is 13.0. The van der Waals surface area contributed by atoms with Crippen molar-refractivity contribution in [2.75, 3.05) is 24.6 Å². The summed E-state index contributed by atoms with van der Waals surface area (Å²) in [5, 5.41) is 3.77. The quantitative estimate of drug-likeness (QED) is 0.0606. The number of hydrogen-bond acceptors (Lipinski definition) is 8. The summed E-state index contributed by atoms with van der Waals surface area (Å²) in [4.78, 5) is 5.56. The summed E-state index contributed by atoms with van der Waals surface area (Å²) < 4.78 is 51.1. The van der Waals surface area contributed by atoms with E-state index < -0.39 is 37.3 Å². The van der Waals surface area contributed by atoms with E-state index in [2.05, 4.69) is 39.4 Å². The van der Waals surface area contributed by atoms with Gasteiger partial charge in [-0.25, -0.2) is 0 Å². The molecule has 0 amide bonds. The fourth-order valence-corrected chi connectivity index (χ4v) is 11.2. The van der Waals surface area contributed by atoms with Gasteiger partial charge in [0.15, 0.2) is 8.32 Å². The second kappa shape index (κ2) is 15.9. The number of ether oxygens (including phenoxy) is 1. The van der Waals surface area contributed by atoms with E-state index in [0.29, 0.717) is 31.7 Å². The highest BCUT2D eigenvalue weighted by atomic mass is 31.2. The Balaban J connectivity index is 0.000000206. The molecule has 0 bridgehead atoms. The Kier molecular flexibility index (Phi) is 13.1. The van der Waals surface area contributed by atoms with Crippen molar-refractivity contribution in [1.29, 1.82) is 0 Å². The molecule has 0 aromatic heterocycles. The molecule has 2 aromatic carbocycles. The summed E-state index contributed by atoms with van der Waals surface area (Å²) >= 11 is 0. The van der Waals surface area contributed by atoms with Crippen LogP contribution in [0.1, 0.15) is 11.1 Å². The van der Waals surface area contributed by atoms with Crippen LogP contribution in [0.2, 0.25) is 39.3 Å². The molecule has 3 heterocycles. The molecule has 3 saturated heterocycles. The Morgan fingerprint density at radius 1 is 0.773 bits per heavy atom. The zero-order valence-electron chi connectivity index (χ0n) is 26.4. The van der Waals surface area contributed by atoms with Crippen molar-refractivity contribution in [3.63, 3.8) is 0 Å². The highest BCUT2D eigenvalue weighted by Gasteiger charge is 2.54. The number of hydrogen-bond donors (Lipinski definition) is 0. The number of nitrogens with zero attached hydrogens (tertiary/aromatic N) is 6. The minimum absolute atomic E-state index is 0.228. The summed E-state index contributed by atoms with van der Waals surface area (Å²) in [5.74, 6) is 0. The molecule has 0 saturated carbocycles. The van der Waals surface area contributed by atoms with Crippen LogP contribution in [0.15, 0.2) is 70.6 Å². The molecule has 5 unspecified atom stereocenters. The summed E-state index contributed by atoms with van der Waals surface area (Å²) in [6.45, 7) is 12.9. The molecule has 3 aliphatic rings. The van der Waals surface area contributed by atoms with Gasteiger partial charge in [-0.3, -0.25) is 9.13 Å². The van der Waals surface area contributed by atoms with Crippen LogP contribution in [0, 0.1) is 0 Å². The Morgan fingerprint density at radius 2 is 1.25 bits per heavy atom. The van der Waals surface area contributed by atoms with E-state index in [1.54, 1.807) is 0 Å². The number of azide groups is 2. The average Bonchev–Trinajstić information content (AvgIpc) is 3.45. The number of epoxide rings is 1.